The topological polar surface area (TPSA) is 112 Å². The molecule has 8 nitrogen and oxygen atoms in total. The number of rotatable bonds is 4. The normalized spacial score (nSPS) is 13.2. The Labute approximate surface area is 167 Å². The van der Waals surface area contributed by atoms with Crippen LogP contribution in [-0.2, 0) is 16.4 Å². The number of nitrogens with one attached hydrogen (secondary N) is 1. The van der Waals surface area contributed by atoms with Gasteiger partial charge in [-0.25, -0.2) is 18.4 Å². The van der Waals surface area contributed by atoms with Gasteiger partial charge in [0, 0.05) is 17.7 Å². The van der Waals surface area contributed by atoms with Gasteiger partial charge in [0.1, 0.15) is 5.75 Å². The van der Waals surface area contributed by atoms with Crippen molar-refractivity contribution in [3.05, 3.63) is 66.0 Å². The number of aromatic nitrogens is 2. The molecule has 1 amide bonds. The number of sulfonamides is 1. The second-order valence-electron chi connectivity index (χ2n) is 6.73. The van der Waals surface area contributed by atoms with Gasteiger partial charge in [-0.1, -0.05) is 12.1 Å². The van der Waals surface area contributed by atoms with Gasteiger partial charge >= 0.3 is 0 Å². The number of phenols is 1. The lowest BCUT2D eigenvalue weighted by atomic mass is 10.1. The highest BCUT2D eigenvalue weighted by molar-refractivity contribution is 7.92. The number of carbonyl (C=O) groups excluding carboxylic acids is 1. The van der Waals surface area contributed by atoms with Gasteiger partial charge in [-0.05, 0) is 42.3 Å². The van der Waals surface area contributed by atoms with Crippen LogP contribution in [0.1, 0.15) is 15.9 Å². The van der Waals surface area contributed by atoms with Crippen LogP contribution in [0.5, 0.6) is 5.75 Å². The zero-order valence-electron chi connectivity index (χ0n) is 15.5. The van der Waals surface area contributed by atoms with Crippen LogP contribution >= 0.6 is 0 Å². The van der Waals surface area contributed by atoms with Crippen molar-refractivity contribution in [1.29, 1.82) is 0 Å². The van der Waals surface area contributed by atoms with Crippen molar-refractivity contribution in [3.63, 3.8) is 0 Å². The molecule has 0 radical (unpaired) electrons. The SMILES string of the molecule is CS(=O)(=O)N1CCc2cc(C(=O)Nc3cnc(-c4cccc(O)c4)nc3)ccc21. The maximum Gasteiger partial charge on any atom is 0.255 e. The lowest BCUT2D eigenvalue weighted by Crippen LogP contribution is -2.27. The lowest BCUT2D eigenvalue weighted by Gasteiger charge is -2.16. The van der Waals surface area contributed by atoms with Gasteiger partial charge < -0.3 is 10.4 Å². The van der Waals surface area contributed by atoms with E-state index in [1.165, 1.54) is 23.0 Å². The minimum Gasteiger partial charge on any atom is -0.508 e. The van der Waals surface area contributed by atoms with E-state index in [0.29, 0.717) is 41.3 Å². The second kappa shape index (κ2) is 7.17. The van der Waals surface area contributed by atoms with Crippen LogP contribution in [0.2, 0.25) is 0 Å². The van der Waals surface area contributed by atoms with Crippen molar-refractivity contribution in [2.75, 3.05) is 22.4 Å². The average molecular weight is 410 g/mol. The van der Waals surface area contributed by atoms with Gasteiger partial charge in [-0.2, -0.15) is 0 Å². The molecule has 1 aromatic heterocycles. The predicted molar refractivity (Wildman–Crippen MR) is 109 cm³/mol. The number of phenolic OH excluding ortho intramolecular Hbond substituents is 1. The van der Waals surface area contributed by atoms with Gasteiger partial charge in [0.25, 0.3) is 5.91 Å². The fourth-order valence-corrected chi connectivity index (χ4v) is 4.21. The number of nitrogens with zero attached hydrogens (tertiary/aromatic N) is 3. The largest absolute Gasteiger partial charge is 0.508 e. The molecule has 148 valence electrons. The van der Waals surface area contributed by atoms with E-state index in [1.807, 2.05) is 0 Å². The molecule has 1 aliphatic rings. The molecular weight excluding hydrogens is 392 g/mol. The third-order valence-corrected chi connectivity index (χ3v) is 5.79. The molecule has 0 fully saturated rings. The second-order valence-corrected chi connectivity index (χ2v) is 8.64. The fourth-order valence-electron chi connectivity index (χ4n) is 3.25. The average Bonchev–Trinajstić information content (AvgIpc) is 3.12. The standard InChI is InChI=1S/C20H18N4O4S/c1-29(27,28)24-8-7-13-9-15(5-6-18(13)24)20(26)23-16-11-21-19(22-12-16)14-3-2-4-17(25)10-14/h2-6,9-12,25H,7-8H2,1H3,(H,23,26). The van der Waals surface area contributed by atoms with E-state index in [0.717, 1.165) is 5.56 Å². The van der Waals surface area contributed by atoms with Gasteiger partial charge in [-0.15, -0.1) is 0 Å². The summed E-state index contributed by atoms with van der Waals surface area (Å²) < 4.78 is 25.0. The van der Waals surface area contributed by atoms with Crippen molar-refractivity contribution < 1.29 is 18.3 Å². The Morgan fingerprint density at radius 3 is 2.59 bits per heavy atom. The summed E-state index contributed by atoms with van der Waals surface area (Å²) in [5.41, 5.74) is 2.95. The van der Waals surface area contributed by atoms with Crippen LogP contribution in [0.3, 0.4) is 0 Å². The molecule has 3 aromatic rings. The first-order valence-corrected chi connectivity index (χ1v) is 10.7. The fraction of sp³-hybridized carbons (Fsp3) is 0.150. The summed E-state index contributed by atoms with van der Waals surface area (Å²) in [7, 11) is -3.33. The molecule has 4 rings (SSSR count). The Hall–Kier alpha value is -3.46. The quantitative estimate of drug-likeness (QED) is 0.683. The maximum absolute atomic E-state index is 12.6. The predicted octanol–water partition coefficient (Wildman–Crippen LogP) is 2.42. The van der Waals surface area contributed by atoms with E-state index in [9.17, 15) is 18.3 Å². The van der Waals surface area contributed by atoms with Gasteiger partial charge in [0.2, 0.25) is 10.0 Å². The van der Waals surface area contributed by atoms with Gasteiger partial charge in [0.15, 0.2) is 5.82 Å². The summed E-state index contributed by atoms with van der Waals surface area (Å²) in [5, 5.41) is 12.3. The molecule has 0 saturated carbocycles. The van der Waals surface area contributed by atoms with Crippen LogP contribution < -0.4 is 9.62 Å². The number of aromatic hydroxyl groups is 1. The van der Waals surface area contributed by atoms with Crippen LogP contribution in [0, 0.1) is 0 Å². The summed E-state index contributed by atoms with van der Waals surface area (Å²) in [6.07, 6.45) is 4.71. The van der Waals surface area contributed by atoms with Crippen molar-refractivity contribution in [2.45, 2.75) is 6.42 Å². The first kappa shape index (κ1) is 18.9. The number of hydrogen-bond acceptors (Lipinski definition) is 6. The lowest BCUT2D eigenvalue weighted by molar-refractivity contribution is 0.102. The molecule has 1 aliphatic heterocycles. The van der Waals surface area contributed by atoms with Gasteiger partial charge in [0.05, 0.1) is 30.0 Å². The van der Waals surface area contributed by atoms with Crippen LogP contribution in [0.15, 0.2) is 54.9 Å². The van der Waals surface area contributed by atoms with Crippen molar-refractivity contribution in [2.24, 2.45) is 0 Å². The number of hydrogen-bond donors (Lipinski definition) is 2. The van der Waals surface area contributed by atoms with E-state index in [2.05, 4.69) is 15.3 Å². The van der Waals surface area contributed by atoms with Crippen molar-refractivity contribution in [1.82, 2.24) is 9.97 Å². The van der Waals surface area contributed by atoms with Gasteiger partial charge in [-0.3, -0.25) is 9.10 Å². The smallest absolute Gasteiger partial charge is 0.255 e. The molecule has 0 atom stereocenters. The summed E-state index contributed by atoms with van der Waals surface area (Å²) in [4.78, 5) is 21.0. The van der Waals surface area contributed by atoms with E-state index in [1.54, 1.807) is 42.5 Å². The molecule has 0 aliphatic carbocycles. The molecule has 0 bridgehead atoms. The third kappa shape index (κ3) is 3.90. The maximum atomic E-state index is 12.6. The molecule has 0 spiro atoms. The van der Waals surface area contributed by atoms with Crippen molar-refractivity contribution in [3.8, 4) is 17.1 Å². The highest BCUT2D eigenvalue weighted by Crippen LogP contribution is 2.31. The highest BCUT2D eigenvalue weighted by atomic mass is 32.2. The Morgan fingerprint density at radius 1 is 1.14 bits per heavy atom. The van der Waals surface area contributed by atoms with Crippen LogP contribution in [0.25, 0.3) is 11.4 Å². The first-order chi connectivity index (χ1) is 13.8. The molecule has 2 aromatic carbocycles. The Balaban J connectivity index is 1.50. The third-order valence-electron chi connectivity index (χ3n) is 4.61. The summed E-state index contributed by atoms with van der Waals surface area (Å²) in [5.74, 6) is 0.214. The number of anilines is 2. The molecular formula is C20H18N4O4S. The van der Waals surface area contributed by atoms with E-state index >= 15 is 0 Å². The zero-order valence-corrected chi connectivity index (χ0v) is 16.3. The molecule has 2 heterocycles. The minimum absolute atomic E-state index is 0.120. The van der Waals surface area contributed by atoms with E-state index in [-0.39, 0.29) is 11.7 Å². The summed E-state index contributed by atoms with van der Waals surface area (Å²) in [6.45, 7) is 0.379. The Bertz CT molecular complexity index is 1190. The Morgan fingerprint density at radius 2 is 1.90 bits per heavy atom. The van der Waals surface area contributed by atoms with Crippen LogP contribution in [-0.4, -0.2) is 42.2 Å². The zero-order chi connectivity index (χ0) is 20.6. The van der Waals surface area contributed by atoms with E-state index in [4.69, 9.17) is 0 Å². The Kier molecular flexibility index (Phi) is 4.67. The number of amides is 1. The number of fused-ring (bicyclic) bond motifs is 1. The summed E-state index contributed by atoms with van der Waals surface area (Å²) in [6, 6.07) is 11.5. The number of benzene rings is 2. The summed E-state index contributed by atoms with van der Waals surface area (Å²) >= 11 is 0. The van der Waals surface area contributed by atoms with E-state index < -0.39 is 10.0 Å². The minimum atomic E-state index is -3.33. The number of carbonyl (C=O) groups is 1. The highest BCUT2D eigenvalue weighted by Gasteiger charge is 2.26. The molecule has 29 heavy (non-hydrogen) atoms. The van der Waals surface area contributed by atoms with Crippen LogP contribution in [0.4, 0.5) is 11.4 Å². The molecule has 2 N–H and O–H groups in total. The monoisotopic (exact) mass is 410 g/mol. The first-order valence-electron chi connectivity index (χ1n) is 8.85. The molecule has 9 heteroatoms. The van der Waals surface area contributed by atoms with Crippen molar-refractivity contribution >= 4 is 27.3 Å². The molecule has 0 saturated heterocycles. The molecule has 0 unspecified atom stereocenters.